The molecule has 0 unspecified atom stereocenters. The molecule has 0 radical (unpaired) electrons. The Morgan fingerprint density at radius 3 is 2.00 bits per heavy atom. The van der Waals surface area contributed by atoms with Gasteiger partial charge in [0.05, 0.1) is 18.5 Å². The van der Waals surface area contributed by atoms with Crippen LogP contribution in [0.2, 0.25) is 0 Å². The summed E-state index contributed by atoms with van der Waals surface area (Å²) < 4.78 is 15.9. The molecule has 0 bridgehead atoms. The average molecular weight is 450 g/mol. The monoisotopic (exact) mass is 450 g/mol. The van der Waals surface area contributed by atoms with E-state index in [2.05, 4.69) is 5.32 Å². The molecule has 9 nitrogen and oxygen atoms in total. The summed E-state index contributed by atoms with van der Waals surface area (Å²) in [7, 11) is 1.56. The van der Waals surface area contributed by atoms with Crippen molar-refractivity contribution in [1.82, 2.24) is 0 Å². The van der Waals surface area contributed by atoms with E-state index in [-0.39, 0.29) is 31.0 Å². The summed E-state index contributed by atoms with van der Waals surface area (Å²) in [5, 5.41) is 13.4. The minimum absolute atomic E-state index is 0.00682. The number of carbonyl (C=O) groups excluding carboxylic acids is 2. The van der Waals surface area contributed by atoms with Gasteiger partial charge in [-0.3, -0.25) is 19.7 Å². The van der Waals surface area contributed by atoms with Crippen LogP contribution in [0.1, 0.15) is 18.4 Å². The van der Waals surface area contributed by atoms with Gasteiger partial charge in [-0.25, -0.2) is 0 Å². The summed E-state index contributed by atoms with van der Waals surface area (Å²) in [5.74, 6) is 0.917. The second kappa shape index (κ2) is 11.3. The third-order valence-electron chi connectivity index (χ3n) is 4.54. The number of nitrogens with one attached hydrogen (secondary N) is 1. The molecule has 1 N–H and O–H groups in total. The highest BCUT2D eigenvalue weighted by atomic mass is 16.6. The van der Waals surface area contributed by atoms with E-state index in [0.29, 0.717) is 22.9 Å². The first-order chi connectivity index (χ1) is 15.9. The third kappa shape index (κ3) is 7.35. The molecule has 0 heterocycles. The van der Waals surface area contributed by atoms with Crippen LogP contribution in [-0.2, 0) is 20.9 Å². The van der Waals surface area contributed by atoms with Gasteiger partial charge in [-0.15, -0.1) is 0 Å². The normalized spacial score (nSPS) is 10.2. The molecule has 0 atom stereocenters. The van der Waals surface area contributed by atoms with Gasteiger partial charge in [-0.1, -0.05) is 12.1 Å². The Labute approximate surface area is 190 Å². The molecule has 33 heavy (non-hydrogen) atoms. The molecule has 0 aliphatic rings. The lowest BCUT2D eigenvalue weighted by Gasteiger charge is -2.08. The van der Waals surface area contributed by atoms with Crippen molar-refractivity contribution in [2.75, 3.05) is 12.4 Å². The lowest BCUT2D eigenvalue weighted by molar-refractivity contribution is -0.384. The highest BCUT2D eigenvalue weighted by Crippen LogP contribution is 2.24. The number of nitro groups is 1. The molecular weight excluding hydrogens is 428 g/mol. The number of non-ortho nitro benzene ring substituents is 1. The molecule has 0 fully saturated rings. The smallest absolute Gasteiger partial charge is 0.306 e. The van der Waals surface area contributed by atoms with Crippen molar-refractivity contribution in [2.45, 2.75) is 19.4 Å². The Bertz CT molecular complexity index is 1100. The van der Waals surface area contributed by atoms with Crippen LogP contribution in [0, 0.1) is 10.1 Å². The van der Waals surface area contributed by atoms with E-state index >= 15 is 0 Å². The van der Waals surface area contributed by atoms with Crippen LogP contribution in [0.15, 0.2) is 72.8 Å². The molecular formula is C24H22N2O7. The number of nitro benzene ring substituents is 1. The summed E-state index contributed by atoms with van der Waals surface area (Å²) >= 11 is 0. The molecule has 170 valence electrons. The number of rotatable bonds is 10. The molecule has 1 amide bonds. The van der Waals surface area contributed by atoms with Crippen molar-refractivity contribution < 1.29 is 28.7 Å². The number of hydrogen-bond donors (Lipinski definition) is 1. The van der Waals surface area contributed by atoms with E-state index in [0.717, 1.165) is 5.56 Å². The number of ether oxygens (including phenoxy) is 3. The van der Waals surface area contributed by atoms with Gasteiger partial charge in [-0.05, 0) is 54.1 Å². The van der Waals surface area contributed by atoms with E-state index in [1.54, 1.807) is 55.6 Å². The lowest BCUT2D eigenvalue weighted by atomic mass is 10.2. The van der Waals surface area contributed by atoms with Gasteiger partial charge in [0.1, 0.15) is 23.9 Å². The van der Waals surface area contributed by atoms with Crippen LogP contribution >= 0.6 is 0 Å². The van der Waals surface area contributed by atoms with E-state index in [4.69, 9.17) is 14.2 Å². The number of anilines is 1. The largest absolute Gasteiger partial charge is 0.497 e. The number of methoxy groups -OCH3 is 1. The number of nitrogens with zero attached hydrogens (tertiary/aromatic N) is 1. The Kier molecular flexibility index (Phi) is 7.96. The molecule has 3 rings (SSSR count). The fourth-order valence-electron chi connectivity index (χ4n) is 2.78. The van der Waals surface area contributed by atoms with Gasteiger partial charge in [-0.2, -0.15) is 0 Å². The molecule has 3 aromatic rings. The molecule has 3 aromatic carbocycles. The fourth-order valence-corrected chi connectivity index (χ4v) is 2.78. The van der Waals surface area contributed by atoms with Crippen LogP contribution in [0.4, 0.5) is 11.4 Å². The maximum absolute atomic E-state index is 12.0. The van der Waals surface area contributed by atoms with Gasteiger partial charge in [0.25, 0.3) is 5.69 Å². The van der Waals surface area contributed by atoms with Crippen LogP contribution in [0.3, 0.4) is 0 Å². The van der Waals surface area contributed by atoms with Gasteiger partial charge in [0.2, 0.25) is 5.91 Å². The molecule has 0 spiro atoms. The van der Waals surface area contributed by atoms with E-state index in [1.165, 1.54) is 24.3 Å². The highest BCUT2D eigenvalue weighted by Gasteiger charge is 2.10. The van der Waals surface area contributed by atoms with Crippen LogP contribution in [-0.4, -0.2) is 23.9 Å². The van der Waals surface area contributed by atoms with Crippen LogP contribution < -0.4 is 14.8 Å². The predicted octanol–water partition coefficient (Wildman–Crippen LogP) is 4.86. The summed E-state index contributed by atoms with van der Waals surface area (Å²) in [6, 6.07) is 19.5. The van der Waals surface area contributed by atoms with Crippen molar-refractivity contribution >= 4 is 23.3 Å². The van der Waals surface area contributed by atoms with Crippen LogP contribution in [0.25, 0.3) is 0 Å². The molecule has 0 aromatic heterocycles. The Hall–Kier alpha value is -4.40. The first-order valence-electron chi connectivity index (χ1n) is 10.0. The first kappa shape index (κ1) is 23.3. The standard InChI is InChI=1S/C24H22N2O7/c1-31-20-10-4-18(5-11-20)25-23(27)14-15-24(28)32-16-17-2-8-21(9-3-17)33-22-12-6-19(7-13-22)26(29)30/h2-13H,14-16H2,1H3,(H,25,27). The van der Waals surface area contributed by atoms with Crippen molar-refractivity contribution in [2.24, 2.45) is 0 Å². The molecule has 0 aliphatic heterocycles. The third-order valence-corrected chi connectivity index (χ3v) is 4.54. The number of amides is 1. The number of benzene rings is 3. The first-order valence-corrected chi connectivity index (χ1v) is 10.0. The zero-order valence-corrected chi connectivity index (χ0v) is 17.9. The second-order valence-corrected chi connectivity index (χ2v) is 6.93. The van der Waals surface area contributed by atoms with Gasteiger partial charge in [0, 0.05) is 24.2 Å². The van der Waals surface area contributed by atoms with E-state index in [9.17, 15) is 19.7 Å². The zero-order valence-electron chi connectivity index (χ0n) is 17.9. The van der Waals surface area contributed by atoms with Crippen LogP contribution in [0.5, 0.6) is 17.2 Å². The number of esters is 1. The summed E-state index contributed by atoms with van der Waals surface area (Å²) in [4.78, 5) is 34.1. The maximum atomic E-state index is 12.0. The van der Waals surface area contributed by atoms with E-state index in [1.807, 2.05) is 0 Å². The second-order valence-electron chi connectivity index (χ2n) is 6.93. The highest BCUT2D eigenvalue weighted by molar-refractivity contribution is 5.92. The van der Waals surface area contributed by atoms with E-state index < -0.39 is 10.9 Å². The minimum Gasteiger partial charge on any atom is -0.497 e. The van der Waals surface area contributed by atoms with Crippen molar-refractivity contribution in [3.05, 3.63) is 88.5 Å². The quantitative estimate of drug-likeness (QED) is 0.266. The summed E-state index contributed by atoms with van der Waals surface area (Å²) in [5.41, 5.74) is 1.35. The predicted molar refractivity (Wildman–Crippen MR) is 120 cm³/mol. The Morgan fingerprint density at radius 1 is 0.848 bits per heavy atom. The van der Waals surface area contributed by atoms with Gasteiger partial charge >= 0.3 is 5.97 Å². The maximum Gasteiger partial charge on any atom is 0.306 e. The summed E-state index contributed by atoms with van der Waals surface area (Å²) in [6.45, 7) is 0.0662. The molecule has 0 saturated heterocycles. The van der Waals surface area contributed by atoms with Crippen molar-refractivity contribution in [1.29, 1.82) is 0 Å². The minimum atomic E-state index is -0.480. The fraction of sp³-hybridized carbons (Fsp3) is 0.167. The average Bonchev–Trinajstić information content (AvgIpc) is 2.83. The molecule has 0 saturated carbocycles. The molecule has 0 aliphatic carbocycles. The molecule has 9 heteroatoms. The zero-order chi connectivity index (χ0) is 23.6. The Balaban J connectivity index is 1.39. The topological polar surface area (TPSA) is 117 Å². The number of carbonyl (C=O) groups is 2. The van der Waals surface area contributed by atoms with Crippen molar-refractivity contribution in [3.63, 3.8) is 0 Å². The lowest BCUT2D eigenvalue weighted by Crippen LogP contribution is -2.14. The van der Waals surface area contributed by atoms with Gasteiger partial charge < -0.3 is 19.5 Å². The van der Waals surface area contributed by atoms with Gasteiger partial charge in [0.15, 0.2) is 0 Å². The van der Waals surface area contributed by atoms with Crippen molar-refractivity contribution in [3.8, 4) is 17.2 Å². The SMILES string of the molecule is COc1ccc(NC(=O)CCC(=O)OCc2ccc(Oc3ccc([N+](=O)[O-])cc3)cc2)cc1. The number of hydrogen-bond acceptors (Lipinski definition) is 7. The summed E-state index contributed by atoms with van der Waals surface area (Å²) in [6.07, 6.45) is -0.0315. The Morgan fingerprint density at radius 2 is 1.42 bits per heavy atom.